The van der Waals surface area contributed by atoms with Crippen molar-refractivity contribution in [2.24, 2.45) is 0 Å². The van der Waals surface area contributed by atoms with Gasteiger partial charge in [0, 0.05) is 24.8 Å². The van der Waals surface area contributed by atoms with E-state index in [-0.39, 0.29) is 5.91 Å². The third kappa shape index (κ3) is 6.65. The molecule has 0 heterocycles. The summed E-state index contributed by atoms with van der Waals surface area (Å²) in [5.74, 6) is 8.69. The highest BCUT2D eigenvalue weighted by Crippen LogP contribution is 2.41. The number of carbonyl (C=O) groups is 1. The fourth-order valence-electron chi connectivity index (χ4n) is 4.68. The lowest BCUT2D eigenvalue weighted by Gasteiger charge is -2.32. The highest BCUT2D eigenvalue weighted by Gasteiger charge is 2.32. The van der Waals surface area contributed by atoms with Gasteiger partial charge < -0.3 is 19.5 Å². The number of methoxy groups -OCH3 is 3. The van der Waals surface area contributed by atoms with Crippen molar-refractivity contribution in [3.8, 4) is 29.1 Å². The Labute approximate surface area is 237 Å². The first-order chi connectivity index (χ1) is 19.5. The van der Waals surface area contributed by atoms with Crippen LogP contribution in [0.4, 0.5) is 0 Å². The second kappa shape index (κ2) is 13.4. The van der Waals surface area contributed by atoms with Crippen molar-refractivity contribution >= 4 is 5.91 Å². The van der Waals surface area contributed by atoms with Gasteiger partial charge in [-0.25, -0.2) is 0 Å². The van der Waals surface area contributed by atoms with E-state index in [1.807, 2.05) is 60.7 Å². The molecule has 4 rings (SSSR count). The number of nitrogens with one attached hydrogen (secondary N) is 1. The van der Waals surface area contributed by atoms with E-state index in [1.165, 1.54) is 0 Å². The van der Waals surface area contributed by atoms with Crippen LogP contribution in [-0.4, -0.2) is 27.2 Å². The fourth-order valence-corrected chi connectivity index (χ4v) is 4.68. The molecule has 0 aliphatic carbocycles. The summed E-state index contributed by atoms with van der Waals surface area (Å²) in [6, 6.07) is 32.2. The predicted molar refractivity (Wildman–Crippen MR) is 159 cm³/mol. The van der Waals surface area contributed by atoms with E-state index >= 15 is 0 Å². The number of amides is 1. The monoisotopic (exact) mass is 533 g/mol. The molecule has 0 aromatic heterocycles. The van der Waals surface area contributed by atoms with Gasteiger partial charge in [-0.3, -0.25) is 4.79 Å². The van der Waals surface area contributed by atoms with Crippen molar-refractivity contribution in [1.82, 2.24) is 5.32 Å². The van der Waals surface area contributed by atoms with Crippen LogP contribution in [0.5, 0.6) is 17.2 Å². The summed E-state index contributed by atoms with van der Waals surface area (Å²) in [5.41, 5.74) is 4.64. The van der Waals surface area contributed by atoms with Crippen molar-refractivity contribution in [2.45, 2.75) is 31.7 Å². The molecule has 1 N–H and O–H groups in total. The molecule has 0 saturated carbocycles. The lowest BCUT2D eigenvalue weighted by atomic mass is 9.70. The molecular formula is C35H35NO4. The molecule has 0 atom stereocenters. The Morgan fingerprint density at radius 3 is 1.88 bits per heavy atom. The lowest BCUT2D eigenvalue weighted by molar-refractivity contribution is -0.121. The fraction of sp³-hybridized carbons (Fsp3) is 0.229. The predicted octanol–water partition coefficient (Wildman–Crippen LogP) is 6.51. The highest BCUT2D eigenvalue weighted by molar-refractivity contribution is 5.76. The van der Waals surface area contributed by atoms with Crippen LogP contribution in [0.15, 0.2) is 97.1 Å². The summed E-state index contributed by atoms with van der Waals surface area (Å²) in [4.78, 5) is 12.3. The Kier molecular flexibility index (Phi) is 9.48. The first-order valence-electron chi connectivity index (χ1n) is 13.2. The summed E-state index contributed by atoms with van der Waals surface area (Å²) in [5, 5.41) is 2.95. The number of hydrogen-bond acceptors (Lipinski definition) is 4. The topological polar surface area (TPSA) is 56.8 Å². The molecule has 0 aliphatic rings. The van der Waals surface area contributed by atoms with Gasteiger partial charge in [0.15, 0.2) is 0 Å². The largest absolute Gasteiger partial charge is 0.497 e. The molecule has 0 radical (unpaired) electrons. The third-order valence-corrected chi connectivity index (χ3v) is 7.14. The van der Waals surface area contributed by atoms with Crippen LogP contribution in [0.2, 0.25) is 0 Å². The van der Waals surface area contributed by atoms with Crippen molar-refractivity contribution < 1.29 is 19.0 Å². The Morgan fingerprint density at radius 2 is 1.32 bits per heavy atom. The second-order valence-electron chi connectivity index (χ2n) is 9.56. The van der Waals surface area contributed by atoms with Crippen LogP contribution in [-0.2, 0) is 16.8 Å². The SMILES string of the molecule is COc1ccc(C(C)(c2ccc(OC)cc2)c2ccc(OC)c(C#CCCC(=O)NCc3ccccc3)c2)cc1. The maximum atomic E-state index is 12.3. The molecule has 0 fully saturated rings. The van der Waals surface area contributed by atoms with Gasteiger partial charge >= 0.3 is 0 Å². The van der Waals surface area contributed by atoms with Gasteiger partial charge in [-0.05, 0) is 65.6 Å². The van der Waals surface area contributed by atoms with Crippen LogP contribution >= 0.6 is 0 Å². The van der Waals surface area contributed by atoms with Gasteiger partial charge in [-0.1, -0.05) is 72.5 Å². The van der Waals surface area contributed by atoms with Gasteiger partial charge in [-0.2, -0.15) is 0 Å². The van der Waals surface area contributed by atoms with E-state index in [1.54, 1.807) is 21.3 Å². The molecule has 0 aliphatic heterocycles. The van der Waals surface area contributed by atoms with Crippen LogP contribution in [0, 0.1) is 11.8 Å². The number of carbonyl (C=O) groups excluding carboxylic acids is 1. The zero-order valence-electron chi connectivity index (χ0n) is 23.5. The maximum Gasteiger partial charge on any atom is 0.221 e. The van der Waals surface area contributed by atoms with Crippen molar-refractivity contribution in [3.05, 3.63) is 125 Å². The Morgan fingerprint density at radius 1 is 0.750 bits per heavy atom. The quantitative estimate of drug-likeness (QED) is 0.186. The summed E-state index contributed by atoms with van der Waals surface area (Å²) < 4.78 is 16.4. The molecular weight excluding hydrogens is 498 g/mol. The number of rotatable bonds is 10. The smallest absolute Gasteiger partial charge is 0.221 e. The number of ether oxygens (including phenoxy) is 3. The lowest BCUT2D eigenvalue weighted by Crippen LogP contribution is -2.25. The van der Waals surface area contributed by atoms with Gasteiger partial charge in [0.05, 0.1) is 26.9 Å². The molecule has 204 valence electrons. The van der Waals surface area contributed by atoms with Crippen LogP contribution in [0.3, 0.4) is 0 Å². The maximum absolute atomic E-state index is 12.3. The zero-order valence-corrected chi connectivity index (χ0v) is 23.5. The Balaban J connectivity index is 1.60. The van der Waals surface area contributed by atoms with Gasteiger partial charge in [-0.15, -0.1) is 0 Å². The minimum absolute atomic E-state index is 0.0227. The summed E-state index contributed by atoms with van der Waals surface area (Å²) >= 11 is 0. The van der Waals surface area contributed by atoms with E-state index < -0.39 is 5.41 Å². The van der Waals surface area contributed by atoms with Crippen molar-refractivity contribution in [3.63, 3.8) is 0 Å². The standard InChI is InChI=1S/C35H35NO4/c1-35(28-14-19-31(38-2)20-15-28,29-16-21-32(39-3)22-17-29)30-18-23-33(40-4)27(24-30)12-8-9-13-34(37)36-25-26-10-6-5-7-11-26/h5-7,10-11,14-24H,9,13,25H2,1-4H3,(H,36,37). The van der Waals surface area contributed by atoms with Crippen LogP contribution < -0.4 is 19.5 Å². The van der Waals surface area contributed by atoms with E-state index in [4.69, 9.17) is 14.2 Å². The van der Waals surface area contributed by atoms with E-state index in [9.17, 15) is 4.79 Å². The highest BCUT2D eigenvalue weighted by atomic mass is 16.5. The van der Waals surface area contributed by atoms with Crippen LogP contribution in [0.1, 0.15) is 47.6 Å². The minimum Gasteiger partial charge on any atom is -0.497 e. The molecule has 4 aromatic carbocycles. The molecule has 40 heavy (non-hydrogen) atoms. The number of benzene rings is 4. The Bertz CT molecular complexity index is 1420. The Hall–Kier alpha value is -4.69. The van der Waals surface area contributed by atoms with E-state index in [2.05, 4.69) is 60.5 Å². The molecule has 4 aromatic rings. The molecule has 5 nitrogen and oxygen atoms in total. The normalized spacial score (nSPS) is 10.7. The first kappa shape index (κ1) is 28.3. The van der Waals surface area contributed by atoms with Gasteiger partial charge in [0.25, 0.3) is 0 Å². The molecule has 0 saturated heterocycles. The van der Waals surface area contributed by atoms with Crippen LogP contribution in [0.25, 0.3) is 0 Å². The molecule has 1 amide bonds. The molecule has 0 bridgehead atoms. The summed E-state index contributed by atoms with van der Waals surface area (Å²) in [7, 11) is 4.97. The summed E-state index contributed by atoms with van der Waals surface area (Å²) in [6.07, 6.45) is 0.777. The zero-order chi connectivity index (χ0) is 28.4. The van der Waals surface area contributed by atoms with Crippen molar-refractivity contribution in [2.75, 3.05) is 21.3 Å². The average Bonchev–Trinajstić information content (AvgIpc) is 3.02. The second-order valence-corrected chi connectivity index (χ2v) is 9.56. The average molecular weight is 534 g/mol. The summed E-state index contributed by atoms with van der Waals surface area (Å²) in [6.45, 7) is 2.71. The molecule has 0 spiro atoms. The van der Waals surface area contributed by atoms with Gasteiger partial charge in [0.1, 0.15) is 17.2 Å². The first-order valence-corrected chi connectivity index (χ1v) is 13.2. The number of hydrogen-bond donors (Lipinski definition) is 1. The minimum atomic E-state index is -0.488. The van der Waals surface area contributed by atoms with E-state index in [0.29, 0.717) is 25.1 Å². The van der Waals surface area contributed by atoms with E-state index in [0.717, 1.165) is 39.3 Å². The third-order valence-electron chi connectivity index (χ3n) is 7.14. The molecule has 5 heteroatoms. The van der Waals surface area contributed by atoms with Gasteiger partial charge in [0.2, 0.25) is 5.91 Å². The van der Waals surface area contributed by atoms with Crippen molar-refractivity contribution in [1.29, 1.82) is 0 Å². The molecule has 0 unspecified atom stereocenters.